The van der Waals surface area contributed by atoms with Crippen molar-refractivity contribution in [3.05, 3.63) is 21.8 Å². The molecule has 3 aliphatic rings. The highest BCUT2D eigenvalue weighted by atomic mass is 35.5. The molecule has 3 rings (SSSR count). The van der Waals surface area contributed by atoms with Crippen LogP contribution in [0.5, 0.6) is 0 Å². The minimum atomic E-state index is 0.398. The number of carbonyl (C=O) groups is 1. The van der Waals surface area contributed by atoms with Gasteiger partial charge in [-0.3, -0.25) is 4.79 Å². The molecule has 1 fully saturated rings. The number of rotatable bonds is 0. The van der Waals surface area contributed by atoms with Crippen LogP contribution in [0, 0.1) is 11.8 Å². The van der Waals surface area contributed by atoms with E-state index in [-0.39, 0.29) is 0 Å². The third-order valence-corrected chi connectivity index (χ3v) is 4.38. The number of fused-ring (bicyclic) bond motifs is 4. The number of hydrogen-bond donors (Lipinski definition) is 0. The summed E-state index contributed by atoms with van der Waals surface area (Å²) in [6.45, 7) is 1.98. The normalized spacial score (nSPS) is 37.3. The fraction of sp³-hybridized carbons (Fsp3) is 0.615. The molecule has 2 unspecified atom stereocenters. The second-order valence-corrected chi connectivity index (χ2v) is 5.45. The third kappa shape index (κ3) is 1.19. The summed E-state index contributed by atoms with van der Waals surface area (Å²) in [6, 6.07) is 0. The van der Waals surface area contributed by atoms with Crippen molar-refractivity contribution in [1.29, 1.82) is 0 Å². The second-order valence-electron chi connectivity index (χ2n) is 4.89. The molecule has 0 radical (unpaired) electrons. The van der Waals surface area contributed by atoms with Gasteiger partial charge in [-0.05, 0) is 38.2 Å². The quantitative estimate of drug-likeness (QED) is 0.612. The number of ketones is 1. The van der Waals surface area contributed by atoms with Gasteiger partial charge >= 0.3 is 0 Å². The van der Waals surface area contributed by atoms with E-state index >= 15 is 0 Å². The highest BCUT2D eigenvalue weighted by Gasteiger charge is 2.46. The van der Waals surface area contributed by atoms with Gasteiger partial charge in [-0.15, -0.1) is 0 Å². The Morgan fingerprint density at radius 1 is 1.27 bits per heavy atom. The van der Waals surface area contributed by atoms with E-state index in [1.165, 1.54) is 17.6 Å². The summed E-state index contributed by atoms with van der Waals surface area (Å²) in [7, 11) is 0. The summed E-state index contributed by atoms with van der Waals surface area (Å²) in [4.78, 5) is 11.9. The van der Waals surface area contributed by atoms with Crippen molar-refractivity contribution in [2.75, 3.05) is 0 Å². The Labute approximate surface area is 95.2 Å². The fourth-order valence-corrected chi connectivity index (χ4v) is 3.96. The topological polar surface area (TPSA) is 17.1 Å². The molecule has 0 aromatic rings. The minimum absolute atomic E-state index is 0.398. The first-order valence-electron chi connectivity index (χ1n) is 5.82. The van der Waals surface area contributed by atoms with Crippen LogP contribution in [0.2, 0.25) is 0 Å². The average Bonchev–Trinajstić information content (AvgIpc) is 2.73. The number of hydrogen-bond acceptors (Lipinski definition) is 1. The van der Waals surface area contributed by atoms with Crippen molar-refractivity contribution in [1.82, 2.24) is 0 Å². The van der Waals surface area contributed by atoms with Crippen molar-refractivity contribution >= 4 is 17.4 Å². The molecule has 0 heterocycles. The van der Waals surface area contributed by atoms with E-state index in [2.05, 4.69) is 0 Å². The summed E-state index contributed by atoms with van der Waals surface area (Å²) < 4.78 is 0. The Bertz CT molecular complexity index is 399. The lowest BCUT2D eigenvalue weighted by molar-refractivity contribution is -0.116. The maximum absolute atomic E-state index is 11.9. The summed E-state index contributed by atoms with van der Waals surface area (Å²) >= 11 is 6.17. The second kappa shape index (κ2) is 3.21. The number of Topliss-reactive ketones (excluding diaryl/α,β-unsaturated/α-hetero) is 1. The van der Waals surface area contributed by atoms with Crippen LogP contribution >= 0.6 is 11.6 Å². The number of carbonyl (C=O) groups excluding carboxylic acids is 1. The monoisotopic (exact) mass is 222 g/mol. The van der Waals surface area contributed by atoms with E-state index in [0.717, 1.165) is 36.3 Å². The van der Waals surface area contributed by atoms with Gasteiger partial charge in [0.2, 0.25) is 0 Å². The Balaban J connectivity index is 2.12. The van der Waals surface area contributed by atoms with E-state index < -0.39 is 0 Å². The molecule has 2 heteroatoms. The van der Waals surface area contributed by atoms with Crippen LogP contribution in [-0.2, 0) is 4.79 Å². The molecule has 15 heavy (non-hydrogen) atoms. The van der Waals surface area contributed by atoms with E-state index in [0.29, 0.717) is 17.6 Å². The molecular formula is C13H15ClO. The predicted molar refractivity (Wildman–Crippen MR) is 60.7 cm³/mol. The Morgan fingerprint density at radius 2 is 2.00 bits per heavy atom. The van der Waals surface area contributed by atoms with Gasteiger partial charge in [0, 0.05) is 28.9 Å². The van der Waals surface area contributed by atoms with Gasteiger partial charge in [0.1, 0.15) is 0 Å². The molecule has 0 amide bonds. The van der Waals surface area contributed by atoms with Crippen molar-refractivity contribution < 1.29 is 4.79 Å². The molecule has 0 N–H and O–H groups in total. The van der Waals surface area contributed by atoms with Crippen molar-refractivity contribution in [2.24, 2.45) is 11.8 Å². The van der Waals surface area contributed by atoms with Crippen LogP contribution in [0.4, 0.5) is 0 Å². The van der Waals surface area contributed by atoms with Crippen molar-refractivity contribution in [3.63, 3.8) is 0 Å². The van der Waals surface area contributed by atoms with Crippen LogP contribution in [0.15, 0.2) is 21.8 Å². The zero-order valence-electron chi connectivity index (χ0n) is 8.98. The standard InChI is InChI=1S/C13H15ClO/c1-7(14)12-9-5-6-10(12)13-8(9)3-2-4-11(13)15/h9-10H,2-6H2,1H3/b12-7+. The molecule has 0 aromatic heterocycles. The molecule has 1 saturated carbocycles. The Hall–Kier alpha value is -0.560. The summed E-state index contributed by atoms with van der Waals surface area (Å²) in [6.07, 6.45) is 5.31. The minimum Gasteiger partial charge on any atom is -0.295 e. The Morgan fingerprint density at radius 3 is 2.67 bits per heavy atom. The number of halogens is 1. The molecule has 3 aliphatic carbocycles. The first-order chi connectivity index (χ1) is 7.20. The van der Waals surface area contributed by atoms with Gasteiger partial charge in [-0.2, -0.15) is 0 Å². The van der Waals surface area contributed by atoms with Crippen LogP contribution in [0.3, 0.4) is 0 Å². The molecular weight excluding hydrogens is 208 g/mol. The molecule has 0 saturated heterocycles. The van der Waals surface area contributed by atoms with Gasteiger partial charge < -0.3 is 0 Å². The zero-order chi connectivity index (χ0) is 10.6. The maximum atomic E-state index is 11.9. The molecule has 2 atom stereocenters. The molecule has 2 bridgehead atoms. The molecule has 0 aliphatic heterocycles. The van der Waals surface area contributed by atoms with Gasteiger partial charge in [0.15, 0.2) is 5.78 Å². The summed E-state index contributed by atoms with van der Waals surface area (Å²) in [5.74, 6) is 1.33. The van der Waals surface area contributed by atoms with Crippen LogP contribution in [0.1, 0.15) is 39.0 Å². The first-order valence-corrected chi connectivity index (χ1v) is 6.20. The van der Waals surface area contributed by atoms with Crippen molar-refractivity contribution in [3.8, 4) is 0 Å². The van der Waals surface area contributed by atoms with Crippen LogP contribution in [0.25, 0.3) is 0 Å². The number of allylic oxidation sites excluding steroid dienone is 4. The van der Waals surface area contributed by atoms with Gasteiger partial charge in [0.25, 0.3) is 0 Å². The molecule has 80 valence electrons. The maximum Gasteiger partial charge on any atom is 0.159 e. The van der Waals surface area contributed by atoms with E-state index in [4.69, 9.17) is 11.6 Å². The highest BCUT2D eigenvalue weighted by Crippen LogP contribution is 2.56. The van der Waals surface area contributed by atoms with Crippen LogP contribution < -0.4 is 0 Å². The lowest BCUT2D eigenvalue weighted by Gasteiger charge is -2.22. The summed E-state index contributed by atoms with van der Waals surface area (Å²) in [5.41, 5.74) is 3.97. The van der Waals surface area contributed by atoms with Gasteiger partial charge in [-0.25, -0.2) is 0 Å². The highest BCUT2D eigenvalue weighted by molar-refractivity contribution is 6.29. The Kier molecular flexibility index (Phi) is 2.07. The van der Waals surface area contributed by atoms with Gasteiger partial charge in [-0.1, -0.05) is 17.2 Å². The first kappa shape index (κ1) is 9.65. The smallest absolute Gasteiger partial charge is 0.159 e. The van der Waals surface area contributed by atoms with Crippen molar-refractivity contribution in [2.45, 2.75) is 39.0 Å². The largest absolute Gasteiger partial charge is 0.295 e. The lowest BCUT2D eigenvalue weighted by Crippen LogP contribution is -2.16. The SMILES string of the molecule is C/C(Cl)=C1/C2CCC1C1=C2CCCC1=O. The fourth-order valence-electron chi connectivity index (χ4n) is 3.70. The average molecular weight is 223 g/mol. The van der Waals surface area contributed by atoms with Gasteiger partial charge in [0.05, 0.1) is 0 Å². The predicted octanol–water partition coefficient (Wildman–Crippen LogP) is 3.59. The lowest BCUT2D eigenvalue weighted by atomic mass is 9.81. The van der Waals surface area contributed by atoms with Crippen LogP contribution in [-0.4, -0.2) is 5.78 Å². The molecule has 1 nitrogen and oxygen atoms in total. The zero-order valence-corrected chi connectivity index (χ0v) is 9.73. The summed E-state index contributed by atoms with van der Waals surface area (Å²) in [5, 5.41) is 0.935. The van der Waals surface area contributed by atoms with E-state index in [9.17, 15) is 4.79 Å². The molecule has 0 aromatic carbocycles. The van der Waals surface area contributed by atoms with E-state index in [1.54, 1.807) is 0 Å². The third-order valence-electron chi connectivity index (χ3n) is 4.16. The molecule has 0 spiro atoms. The van der Waals surface area contributed by atoms with E-state index in [1.807, 2.05) is 6.92 Å².